The molecule has 1 aromatic heterocycles. The fourth-order valence-corrected chi connectivity index (χ4v) is 9.26. The lowest BCUT2D eigenvalue weighted by Gasteiger charge is -2.48. The SMILES string of the molecule is CC1(C)c2ccccc2N2c3cc(N(c4ccccc4)c4ccccc4)cc4c3B(c3cccc1c32)n1c2ccccc2c2cccc-4c21. The van der Waals surface area contributed by atoms with Crippen molar-refractivity contribution in [3.8, 4) is 11.1 Å². The van der Waals surface area contributed by atoms with E-state index in [9.17, 15) is 0 Å². The molecular formula is C45H32BN3. The average molecular weight is 626 g/mol. The van der Waals surface area contributed by atoms with Crippen LogP contribution in [0.4, 0.5) is 34.1 Å². The molecule has 3 aliphatic rings. The first-order chi connectivity index (χ1) is 24.1. The third-order valence-corrected chi connectivity index (χ3v) is 11.3. The molecule has 4 heterocycles. The van der Waals surface area contributed by atoms with Crippen LogP contribution < -0.4 is 20.7 Å². The van der Waals surface area contributed by atoms with E-state index in [1.54, 1.807) is 0 Å². The highest BCUT2D eigenvalue weighted by atomic mass is 15.2. The predicted molar refractivity (Wildman–Crippen MR) is 207 cm³/mol. The molecule has 0 saturated carbocycles. The van der Waals surface area contributed by atoms with Gasteiger partial charge in [-0.25, -0.2) is 0 Å². The summed E-state index contributed by atoms with van der Waals surface area (Å²) in [6.07, 6.45) is 0. The lowest BCUT2D eigenvalue weighted by atomic mass is 9.44. The molecule has 0 atom stereocenters. The van der Waals surface area contributed by atoms with Gasteiger partial charge in [0, 0.05) is 61.2 Å². The molecule has 0 radical (unpaired) electrons. The van der Waals surface area contributed by atoms with Crippen LogP contribution >= 0.6 is 0 Å². The largest absolute Gasteiger partial charge is 0.375 e. The number of anilines is 6. The van der Waals surface area contributed by atoms with Crippen LogP contribution in [0.15, 0.2) is 158 Å². The normalized spacial score (nSPS) is 14.4. The molecule has 11 rings (SSSR count). The first-order valence-corrected chi connectivity index (χ1v) is 17.2. The fraction of sp³-hybridized carbons (Fsp3) is 0.0667. The molecule has 4 heteroatoms. The van der Waals surface area contributed by atoms with Crippen LogP contribution in [0, 0.1) is 0 Å². The van der Waals surface area contributed by atoms with Crippen molar-refractivity contribution < 1.29 is 0 Å². The van der Waals surface area contributed by atoms with Gasteiger partial charge < -0.3 is 14.3 Å². The summed E-state index contributed by atoms with van der Waals surface area (Å²) >= 11 is 0. The van der Waals surface area contributed by atoms with E-state index in [0.717, 1.165) is 17.1 Å². The Labute approximate surface area is 286 Å². The third-order valence-electron chi connectivity index (χ3n) is 11.3. The van der Waals surface area contributed by atoms with Crippen LogP contribution in [0.1, 0.15) is 25.0 Å². The highest BCUT2D eigenvalue weighted by Gasteiger charge is 2.48. The fourth-order valence-electron chi connectivity index (χ4n) is 9.26. The van der Waals surface area contributed by atoms with Crippen molar-refractivity contribution in [2.75, 3.05) is 9.80 Å². The molecule has 0 N–H and O–H groups in total. The van der Waals surface area contributed by atoms with Gasteiger partial charge in [-0.15, -0.1) is 0 Å². The number of rotatable bonds is 3. The molecule has 230 valence electrons. The van der Waals surface area contributed by atoms with Crippen LogP contribution in [-0.4, -0.2) is 11.3 Å². The van der Waals surface area contributed by atoms with E-state index in [2.05, 4.69) is 186 Å². The molecule has 49 heavy (non-hydrogen) atoms. The van der Waals surface area contributed by atoms with Crippen molar-refractivity contribution in [3.05, 3.63) is 169 Å². The van der Waals surface area contributed by atoms with Gasteiger partial charge in [0.2, 0.25) is 0 Å². The zero-order valence-electron chi connectivity index (χ0n) is 27.4. The Kier molecular flexibility index (Phi) is 5.26. The average Bonchev–Trinajstić information content (AvgIpc) is 3.48. The van der Waals surface area contributed by atoms with E-state index in [1.807, 2.05) is 0 Å². The van der Waals surface area contributed by atoms with Gasteiger partial charge in [-0.3, -0.25) is 0 Å². The second-order valence-electron chi connectivity index (χ2n) is 14.1. The minimum Gasteiger partial charge on any atom is -0.375 e. The first kappa shape index (κ1) is 27.0. The molecule has 0 unspecified atom stereocenters. The van der Waals surface area contributed by atoms with E-state index in [0.29, 0.717) is 0 Å². The minimum atomic E-state index is -0.156. The Bertz CT molecular complexity index is 2620. The van der Waals surface area contributed by atoms with Crippen LogP contribution in [0.25, 0.3) is 32.9 Å². The summed E-state index contributed by atoms with van der Waals surface area (Å²) in [5.74, 6) is 0. The van der Waals surface area contributed by atoms with Crippen molar-refractivity contribution in [2.45, 2.75) is 19.3 Å². The molecule has 0 fully saturated rings. The monoisotopic (exact) mass is 625 g/mol. The van der Waals surface area contributed by atoms with Crippen LogP contribution in [0.5, 0.6) is 0 Å². The van der Waals surface area contributed by atoms with Gasteiger partial charge in [-0.05, 0) is 76.1 Å². The second kappa shape index (κ2) is 9.55. The summed E-state index contributed by atoms with van der Waals surface area (Å²) in [5, 5.41) is 2.62. The summed E-state index contributed by atoms with van der Waals surface area (Å²) in [7, 11) is 0. The Morgan fingerprint density at radius 3 is 1.98 bits per heavy atom. The Morgan fingerprint density at radius 1 is 0.531 bits per heavy atom. The van der Waals surface area contributed by atoms with E-state index >= 15 is 0 Å². The van der Waals surface area contributed by atoms with E-state index < -0.39 is 0 Å². The zero-order valence-corrected chi connectivity index (χ0v) is 27.4. The topological polar surface area (TPSA) is 11.4 Å². The number of hydrogen-bond acceptors (Lipinski definition) is 2. The minimum absolute atomic E-state index is 0.0329. The van der Waals surface area contributed by atoms with Crippen LogP contribution in [-0.2, 0) is 5.41 Å². The van der Waals surface area contributed by atoms with E-state index in [4.69, 9.17) is 0 Å². The molecule has 0 bridgehead atoms. The van der Waals surface area contributed by atoms with Crippen molar-refractivity contribution >= 4 is 73.7 Å². The first-order valence-electron chi connectivity index (χ1n) is 17.2. The quantitative estimate of drug-likeness (QED) is 0.181. The highest BCUT2D eigenvalue weighted by Crippen LogP contribution is 2.55. The number of hydrogen-bond donors (Lipinski definition) is 0. The number of fused-ring (bicyclic) bond motifs is 9. The van der Waals surface area contributed by atoms with Gasteiger partial charge in [-0.1, -0.05) is 123 Å². The Morgan fingerprint density at radius 2 is 1.18 bits per heavy atom. The summed E-state index contributed by atoms with van der Waals surface area (Å²) in [4.78, 5) is 5.01. The molecular weight excluding hydrogens is 593 g/mol. The molecule has 0 aliphatic carbocycles. The van der Waals surface area contributed by atoms with Crippen LogP contribution in [0.2, 0.25) is 0 Å². The lowest BCUT2D eigenvalue weighted by molar-refractivity contribution is 0.632. The van der Waals surface area contributed by atoms with Crippen molar-refractivity contribution in [2.24, 2.45) is 0 Å². The van der Waals surface area contributed by atoms with Gasteiger partial charge in [0.1, 0.15) is 0 Å². The molecule has 8 aromatic rings. The molecule has 0 amide bonds. The molecule has 0 saturated heterocycles. The number of para-hydroxylation sites is 6. The lowest BCUT2D eigenvalue weighted by Crippen LogP contribution is -2.58. The van der Waals surface area contributed by atoms with Gasteiger partial charge in [0.25, 0.3) is 0 Å². The molecule has 0 spiro atoms. The molecule has 3 aliphatic heterocycles. The van der Waals surface area contributed by atoms with Crippen LogP contribution in [0.3, 0.4) is 0 Å². The number of nitrogens with zero attached hydrogens (tertiary/aromatic N) is 3. The zero-order chi connectivity index (χ0) is 32.4. The maximum absolute atomic E-state index is 2.65. The summed E-state index contributed by atoms with van der Waals surface area (Å²) < 4.78 is 2.65. The van der Waals surface area contributed by atoms with Crippen molar-refractivity contribution in [1.82, 2.24) is 4.48 Å². The van der Waals surface area contributed by atoms with Crippen molar-refractivity contribution in [3.63, 3.8) is 0 Å². The third kappa shape index (κ3) is 3.43. The summed E-state index contributed by atoms with van der Waals surface area (Å²) in [6, 6.07) is 58.4. The van der Waals surface area contributed by atoms with E-state index in [1.165, 1.54) is 72.0 Å². The Hall–Kier alpha value is -6.00. The maximum Gasteiger partial charge on any atom is 0.333 e. The van der Waals surface area contributed by atoms with Gasteiger partial charge in [0.05, 0.1) is 5.69 Å². The Balaban J connectivity index is 1.33. The smallest absolute Gasteiger partial charge is 0.333 e. The van der Waals surface area contributed by atoms with Gasteiger partial charge in [-0.2, -0.15) is 0 Å². The highest BCUT2D eigenvalue weighted by molar-refractivity contribution is 6.90. The summed E-state index contributed by atoms with van der Waals surface area (Å²) in [6.45, 7) is 4.81. The number of benzene rings is 7. The molecule has 7 aromatic carbocycles. The standard InChI is InChI=1S/C45H32BN3/c1-45(2)36-22-10-12-26-40(36)48-41-28-31(47(29-15-5-3-6-16-29)30-17-7-4-8-18-30)27-35-34-21-13-20-33-32-19-9-11-25-39(32)49(43(33)34)46(42(35)41)38-24-14-23-37(45)44(38)48/h3-28H,1-2H3. The van der Waals surface area contributed by atoms with E-state index in [-0.39, 0.29) is 12.3 Å². The van der Waals surface area contributed by atoms with Gasteiger partial charge >= 0.3 is 6.85 Å². The predicted octanol–water partition coefficient (Wildman–Crippen LogP) is 10.3. The second-order valence-corrected chi connectivity index (χ2v) is 14.1. The summed E-state index contributed by atoms with van der Waals surface area (Å²) in [5.41, 5.74) is 17.7. The van der Waals surface area contributed by atoms with Gasteiger partial charge in [0.15, 0.2) is 0 Å². The number of aromatic nitrogens is 1. The molecule has 3 nitrogen and oxygen atoms in total. The maximum atomic E-state index is 2.65. The van der Waals surface area contributed by atoms with Crippen molar-refractivity contribution in [1.29, 1.82) is 0 Å².